The van der Waals surface area contributed by atoms with Crippen LogP contribution < -0.4 is 0 Å². The summed E-state index contributed by atoms with van der Waals surface area (Å²) in [6, 6.07) is 6.85. The Morgan fingerprint density at radius 1 is 1.17 bits per heavy atom. The maximum Gasteiger partial charge on any atom is 0.124 e. The van der Waals surface area contributed by atoms with Crippen LogP contribution in [0.3, 0.4) is 0 Å². The van der Waals surface area contributed by atoms with Crippen molar-refractivity contribution in [3.63, 3.8) is 0 Å². The molecule has 2 nitrogen and oxygen atoms in total. The largest absolute Gasteiger partial charge is 0.507 e. The van der Waals surface area contributed by atoms with Crippen molar-refractivity contribution in [3.05, 3.63) is 35.9 Å². The maximum absolute atomic E-state index is 10.6. The molecule has 18 heavy (non-hydrogen) atoms. The lowest BCUT2D eigenvalue weighted by molar-refractivity contribution is 0.000293. The average molecular weight is 269 g/mol. The maximum atomic E-state index is 10.6. The molecule has 0 amide bonds. The molecule has 0 heterocycles. The molecule has 0 aliphatic carbocycles. The Labute approximate surface area is 114 Å². The second kappa shape index (κ2) is 5.77. The summed E-state index contributed by atoms with van der Waals surface area (Å²) >= 11 is 6.23. The van der Waals surface area contributed by atoms with Gasteiger partial charge in [-0.25, -0.2) is 0 Å². The van der Waals surface area contributed by atoms with E-state index in [-0.39, 0.29) is 17.6 Å². The molecule has 1 aromatic rings. The van der Waals surface area contributed by atoms with Gasteiger partial charge < -0.3 is 10.2 Å². The van der Waals surface area contributed by atoms with Crippen LogP contribution >= 0.6 is 11.6 Å². The molecular weight excluding hydrogens is 248 g/mol. The molecule has 100 valence electrons. The summed E-state index contributed by atoms with van der Waals surface area (Å²) in [5, 5.41) is 20.8. The van der Waals surface area contributed by atoms with Crippen LogP contribution in [-0.4, -0.2) is 15.8 Å². The number of para-hydroxylation sites is 1. The van der Waals surface area contributed by atoms with Gasteiger partial charge in [-0.05, 0) is 30.0 Å². The Bertz CT molecular complexity index is 428. The predicted octanol–water partition coefficient (Wildman–Crippen LogP) is 4.02. The molecule has 3 heteroatoms. The summed E-state index contributed by atoms with van der Waals surface area (Å²) in [7, 11) is 0. The van der Waals surface area contributed by atoms with Crippen LogP contribution in [0.5, 0.6) is 5.75 Å². The second-order valence-corrected chi connectivity index (χ2v) is 5.61. The van der Waals surface area contributed by atoms with E-state index in [2.05, 4.69) is 0 Å². The highest BCUT2D eigenvalue weighted by molar-refractivity contribution is 6.49. The van der Waals surface area contributed by atoms with Gasteiger partial charge >= 0.3 is 0 Å². The highest BCUT2D eigenvalue weighted by atomic mass is 35.5. The first-order chi connectivity index (χ1) is 8.29. The van der Waals surface area contributed by atoms with E-state index in [1.54, 1.807) is 30.3 Å². The van der Waals surface area contributed by atoms with Gasteiger partial charge in [-0.2, -0.15) is 0 Å². The zero-order chi connectivity index (χ0) is 13.9. The smallest absolute Gasteiger partial charge is 0.124 e. The van der Waals surface area contributed by atoms with E-state index < -0.39 is 5.60 Å². The van der Waals surface area contributed by atoms with E-state index in [1.165, 1.54) is 0 Å². The fourth-order valence-corrected chi connectivity index (χ4v) is 2.29. The monoisotopic (exact) mass is 268 g/mol. The number of halogens is 1. The highest BCUT2D eigenvalue weighted by Gasteiger charge is 2.33. The summed E-state index contributed by atoms with van der Waals surface area (Å²) < 4.78 is 0. The molecule has 0 aliphatic rings. The first kappa shape index (κ1) is 15.1. The Balaban J connectivity index is 3.19. The van der Waals surface area contributed by atoms with Crippen molar-refractivity contribution in [1.29, 1.82) is 0 Å². The van der Waals surface area contributed by atoms with Crippen LogP contribution in [0.2, 0.25) is 0 Å². The predicted molar refractivity (Wildman–Crippen MR) is 76.6 cm³/mol. The minimum Gasteiger partial charge on any atom is -0.507 e. The number of benzene rings is 1. The third-order valence-electron chi connectivity index (χ3n) is 3.37. The molecule has 0 atom stereocenters. The third kappa shape index (κ3) is 3.06. The molecule has 1 aromatic carbocycles. The van der Waals surface area contributed by atoms with E-state index in [0.717, 1.165) is 0 Å². The van der Waals surface area contributed by atoms with E-state index in [4.69, 9.17) is 11.6 Å². The van der Waals surface area contributed by atoms with Crippen molar-refractivity contribution in [3.8, 4) is 5.75 Å². The van der Waals surface area contributed by atoms with Crippen molar-refractivity contribution >= 4 is 16.6 Å². The average Bonchev–Trinajstić information content (AvgIpc) is 2.28. The zero-order valence-corrected chi connectivity index (χ0v) is 12.1. The van der Waals surface area contributed by atoms with Gasteiger partial charge in [0.05, 0.1) is 10.6 Å². The number of hydrogen-bond acceptors (Lipinski definition) is 2. The Kier molecular flexibility index (Phi) is 4.83. The second-order valence-electron chi connectivity index (χ2n) is 5.21. The van der Waals surface area contributed by atoms with Crippen molar-refractivity contribution in [2.24, 2.45) is 11.8 Å². The van der Waals surface area contributed by atoms with Gasteiger partial charge in [-0.3, -0.25) is 0 Å². The van der Waals surface area contributed by atoms with Crippen LogP contribution in [0, 0.1) is 11.8 Å². The van der Waals surface area contributed by atoms with Gasteiger partial charge in [0, 0.05) is 5.56 Å². The van der Waals surface area contributed by atoms with Crippen molar-refractivity contribution in [2.75, 3.05) is 0 Å². The number of aromatic hydroxyl groups is 1. The molecule has 0 radical (unpaired) electrons. The first-order valence-electron chi connectivity index (χ1n) is 6.18. The summed E-state index contributed by atoms with van der Waals surface area (Å²) in [4.78, 5) is 0. The standard InChI is InChI=1S/C15H21ClO2/c1-10(2)15(18,11(3)4)9-13(16)12-7-5-6-8-14(12)17/h5-11,17-18H,1-4H3/b13-9+. The highest BCUT2D eigenvalue weighted by Crippen LogP contribution is 2.35. The lowest BCUT2D eigenvalue weighted by atomic mass is 9.80. The third-order valence-corrected chi connectivity index (χ3v) is 3.68. The van der Waals surface area contributed by atoms with E-state index in [9.17, 15) is 10.2 Å². The topological polar surface area (TPSA) is 40.5 Å². The molecule has 0 fully saturated rings. The van der Waals surface area contributed by atoms with Gasteiger partial charge in [0.1, 0.15) is 5.75 Å². The van der Waals surface area contributed by atoms with Gasteiger partial charge in [0.15, 0.2) is 0 Å². The molecule has 0 saturated heterocycles. The van der Waals surface area contributed by atoms with Gasteiger partial charge in [0.25, 0.3) is 0 Å². The zero-order valence-electron chi connectivity index (χ0n) is 11.3. The van der Waals surface area contributed by atoms with Crippen molar-refractivity contribution in [2.45, 2.75) is 33.3 Å². The minimum atomic E-state index is -0.987. The van der Waals surface area contributed by atoms with E-state index in [0.29, 0.717) is 10.6 Å². The van der Waals surface area contributed by atoms with E-state index >= 15 is 0 Å². The molecule has 1 rings (SSSR count). The summed E-state index contributed by atoms with van der Waals surface area (Å²) in [5.74, 6) is 0.197. The van der Waals surface area contributed by atoms with Gasteiger partial charge in [-0.1, -0.05) is 51.4 Å². The van der Waals surface area contributed by atoms with Crippen LogP contribution in [0.25, 0.3) is 5.03 Å². The Hall–Kier alpha value is -0.990. The molecule has 0 aliphatic heterocycles. The Morgan fingerprint density at radius 2 is 1.67 bits per heavy atom. The molecule has 0 saturated carbocycles. The number of aliphatic hydroxyl groups is 1. The summed E-state index contributed by atoms with van der Waals surface area (Å²) in [5.41, 5.74) is -0.446. The Morgan fingerprint density at radius 3 is 2.11 bits per heavy atom. The van der Waals surface area contributed by atoms with Crippen LogP contribution in [-0.2, 0) is 0 Å². The quantitative estimate of drug-likeness (QED) is 0.866. The molecule has 2 N–H and O–H groups in total. The van der Waals surface area contributed by atoms with Crippen LogP contribution in [0.15, 0.2) is 30.3 Å². The molecule has 0 unspecified atom stereocenters. The van der Waals surface area contributed by atoms with Crippen LogP contribution in [0.4, 0.5) is 0 Å². The normalized spacial score (nSPS) is 13.4. The lowest BCUT2D eigenvalue weighted by Crippen LogP contribution is -2.38. The summed E-state index contributed by atoms with van der Waals surface area (Å²) in [6.45, 7) is 7.80. The van der Waals surface area contributed by atoms with Crippen molar-refractivity contribution < 1.29 is 10.2 Å². The fraction of sp³-hybridized carbons (Fsp3) is 0.467. The number of rotatable bonds is 4. The number of phenolic OH excluding ortho intramolecular Hbond substituents is 1. The fourth-order valence-electron chi connectivity index (χ4n) is 1.96. The van der Waals surface area contributed by atoms with Gasteiger partial charge in [-0.15, -0.1) is 0 Å². The SMILES string of the molecule is CC(C)C(O)(/C=C(/Cl)c1ccccc1O)C(C)C. The molecule has 0 spiro atoms. The van der Waals surface area contributed by atoms with Gasteiger partial charge in [0.2, 0.25) is 0 Å². The molecule has 0 bridgehead atoms. The summed E-state index contributed by atoms with van der Waals surface area (Å²) in [6.07, 6.45) is 1.64. The van der Waals surface area contributed by atoms with Crippen LogP contribution in [0.1, 0.15) is 33.3 Å². The van der Waals surface area contributed by atoms with E-state index in [1.807, 2.05) is 27.7 Å². The molecular formula is C15H21ClO2. The first-order valence-corrected chi connectivity index (χ1v) is 6.56. The minimum absolute atomic E-state index is 0.0390. The van der Waals surface area contributed by atoms with Crippen molar-refractivity contribution in [1.82, 2.24) is 0 Å². The number of hydrogen-bond donors (Lipinski definition) is 2. The molecule has 0 aromatic heterocycles. The lowest BCUT2D eigenvalue weighted by Gasteiger charge is -2.33. The number of phenols is 1.